The van der Waals surface area contributed by atoms with Crippen molar-refractivity contribution in [2.45, 2.75) is 199 Å². The fourth-order valence-electron chi connectivity index (χ4n) is 7.06. The lowest BCUT2D eigenvalue weighted by atomic mass is 10.0. The molecule has 0 radical (unpaired) electrons. The van der Waals surface area contributed by atoms with Gasteiger partial charge in [0, 0.05) is 12.8 Å². The molecule has 5 amide bonds. The molecule has 0 heterocycles. The van der Waals surface area contributed by atoms with E-state index in [1.807, 2.05) is 13.8 Å². The topological polar surface area (TPSA) is 232 Å². The molecular weight excluding hydrogens is 735 g/mol. The molecule has 1 aromatic rings. The van der Waals surface area contributed by atoms with Gasteiger partial charge >= 0.3 is 0 Å². The van der Waals surface area contributed by atoms with E-state index in [0.29, 0.717) is 63.6 Å². The van der Waals surface area contributed by atoms with E-state index in [4.69, 9.17) is 17.2 Å². The quantitative estimate of drug-likeness (QED) is 0.0378. The van der Waals surface area contributed by atoms with Gasteiger partial charge in [-0.05, 0) is 88.1 Å². The minimum Gasteiger partial charge on any atom is -0.508 e. The first-order valence-corrected chi connectivity index (χ1v) is 22.6. The molecule has 13 heteroatoms. The number of phenolic OH excluding ortho intramolecular Hbond substituents is 1. The second-order valence-corrected chi connectivity index (χ2v) is 16.5. The van der Waals surface area contributed by atoms with E-state index < -0.39 is 47.8 Å². The number of benzene rings is 1. The van der Waals surface area contributed by atoms with Crippen LogP contribution in [0.1, 0.15) is 174 Å². The molecule has 0 saturated carbocycles. The van der Waals surface area contributed by atoms with Crippen molar-refractivity contribution in [1.29, 1.82) is 0 Å². The number of carbonyl (C=O) groups excluding carboxylic acids is 5. The zero-order chi connectivity index (χ0) is 43.0. The molecule has 0 aliphatic rings. The van der Waals surface area contributed by atoms with Gasteiger partial charge in [0.25, 0.3) is 0 Å². The Bertz CT molecular complexity index is 1280. The number of primary amides is 1. The van der Waals surface area contributed by atoms with Crippen molar-refractivity contribution in [1.82, 2.24) is 21.3 Å². The summed E-state index contributed by atoms with van der Waals surface area (Å²) in [6, 6.07) is 2.27. The van der Waals surface area contributed by atoms with Gasteiger partial charge in [0.15, 0.2) is 0 Å². The maximum atomic E-state index is 13.9. The first-order valence-electron chi connectivity index (χ1n) is 22.6. The Hall–Kier alpha value is -3.71. The Morgan fingerprint density at radius 3 is 1.41 bits per heavy atom. The number of hydrogen-bond donors (Lipinski definition) is 8. The SMILES string of the molecule is CCCCCCCCCCCCCCCCCC(=O)N[C@@H](CCCCN)C(=O)N[C@@H](CCCCN)C(=O)N[C@@H](Cc1ccc(O)cc1)C(=O)N[C@@H](CC(C)C)C(N)=O. The van der Waals surface area contributed by atoms with Gasteiger partial charge in [-0.3, -0.25) is 24.0 Å². The zero-order valence-corrected chi connectivity index (χ0v) is 36.3. The number of nitrogens with one attached hydrogen (secondary N) is 4. The first kappa shape index (κ1) is 52.3. The molecule has 0 fully saturated rings. The molecule has 0 aliphatic carbocycles. The Labute approximate surface area is 349 Å². The summed E-state index contributed by atoms with van der Waals surface area (Å²) in [6.45, 7) is 6.90. The standard InChI is InChI=1S/C45H81N7O6/c1-4-5-6-7-8-9-10-11-12-13-14-15-16-17-18-25-41(54)49-37(23-19-21-30-46)43(56)50-38(24-20-22-31-47)44(57)52-40(33-35-26-28-36(53)29-27-35)45(58)51-39(42(48)55)32-34(2)3/h26-29,34,37-40,53H,4-25,30-33,46-47H2,1-3H3,(H2,48,55)(H,49,54)(H,50,56)(H,51,58)(H,52,57)/t37-,38-,39-,40-/m0/s1. The van der Waals surface area contributed by atoms with Gasteiger partial charge in [-0.25, -0.2) is 0 Å². The van der Waals surface area contributed by atoms with Crippen LogP contribution in [0.3, 0.4) is 0 Å². The van der Waals surface area contributed by atoms with Gasteiger partial charge in [0.1, 0.15) is 29.9 Å². The summed E-state index contributed by atoms with van der Waals surface area (Å²) in [5.41, 5.74) is 17.7. The van der Waals surface area contributed by atoms with Crippen molar-refractivity contribution in [2.24, 2.45) is 23.1 Å². The highest BCUT2D eigenvalue weighted by atomic mass is 16.3. The number of aromatic hydroxyl groups is 1. The molecule has 1 aromatic carbocycles. The number of phenols is 1. The molecule has 0 aromatic heterocycles. The number of rotatable bonds is 36. The van der Waals surface area contributed by atoms with E-state index in [0.717, 1.165) is 25.7 Å². The van der Waals surface area contributed by atoms with Crippen molar-refractivity contribution in [3.63, 3.8) is 0 Å². The number of unbranched alkanes of at least 4 members (excludes halogenated alkanes) is 16. The Balaban J connectivity index is 2.85. The minimum atomic E-state index is -1.13. The maximum Gasteiger partial charge on any atom is 0.243 e. The highest BCUT2D eigenvalue weighted by Gasteiger charge is 2.31. The molecule has 13 nitrogen and oxygen atoms in total. The Morgan fingerprint density at radius 1 is 0.552 bits per heavy atom. The van der Waals surface area contributed by atoms with Gasteiger partial charge in [0.05, 0.1) is 0 Å². The summed E-state index contributed by atoms with van der Waals surface area (Å²) in [7, 11) is 0. The maximum absolute atomic E-state index is 13.9. The second kappa shape index (κ2) is 33.2. The molecule has 0 aliphatic heterocycles. The number of amides is 5. The van der Waals surface area contributed by atoms with Crippen LogP contribution in [0.4, 0.5) is 0 Å². The summed E-state index contributed by atoms with van der Waals surface area (Å²) in [4.78, 5) is 66.6. The van der Waals surface area contributed by atoms with Crippen LogP contribution < -0.4 is 38.5 Å². The highest BCUT2D eigenvalue weighted by molar-refractivity contribution is 5.95. The number of carbonyl (C=O) groups is 5. The van der Waals surface area contributed by atoms with E-state index in [1.165, 1.54) is 82.8 Å². The molecule has 0 bridgehead atoms. The smallest absolute Gasteiger partial charge is 0.243 e. The van der Waals surface area contributed by atoms with Gasteiger partial charge in [-0.1, -0.05) is 123 Å². The summed E-state index contributed by atoms with van der Waals surface area (Å²) in [5.74, 6) is -2.47. The molecule has 1 rings (SSSR count). The molecule has 11 N–H and O–H groups in total. The van der Waals surface area contributed by atoms with Gasteiger partial charge < -0.3 is 43.6 Å². The average Bonchev–Trinajstić information content (AvgIpc) is 3.18. The van der Waals surface area contributed by atoms with Crippen molar-refractivity contribution < 1.29 is 29.1 Å². The third kappa shape index (κ3) is 25.6. The average molecular weight is 816 g/mol. The first-order chi connectivity index (χ1) is 27.9. The molecular formula is C45H81N7O6. The van der Waals surface area contributed by atoms with Gasteiger partial charge in [-0.2, -0.15) is 0 Å². The summed E-state index contributed by atoms with van der Waals surface area (Å²) in [5, 5.41) is 21.0. The lowest BCUT2D eigenvalue weighted by Crippen LogP contribution is -2.58. The normalized spacial score (nSPS) is 13.3. The Kier molecular flexibility index (Phi) is 29.9. The summed E-state index contributed by atoms with van der Waals surface area (Å²) >= 11 is 0. The minimum absolute atomic E-state index is 0.0464. The van der Waals surface area contributed by atoms with E-state index in [9.17, 15) is 29.1 Å². The van der Waals surface area contributed by atoms with Crippen LogP contribution in [-0.2, 0) is 30.4 Å². The fraction of sp³-hybridized carbons (Fsp3) is 0.756. The van der Waals surface area contributed by atoms with Crippen LogP contribution in [0.2, 0.25) is 0 Å². The lowest BCUT2D eigenvalue weighted by Gasteiger charge is -2.27. The van der Waals surface area contributed by atoms with Crippen LogP contribution in [-0.4, -0.2) is 71.9 Å². The molecule has 58 heavy (non-hydrogen) atoms. The second-order valence-electron chi connectivity index (χ2n) is 16.5. The van der Waals surface area contributed by atoms with E-state index in [-0.39, 0.29) is 30.4 Å². The predicted molar refractivity (Wildman–Crippen MR) is 234 cm³/mol. The zero-order valence-electron chi connectivity index (χ0n) is 36.3. The van der Waals surface area contributed by atoms with Gasteiger partial charge in [0.2, 0.25) is 29.5 Å². The van der Waals surface area contributed by atoms with Crippen molar-refractivity contribution >= 4 is 29.5 Å². The summed E-state index contributed by atoms with van der Waals surface area (Å²) < 4.78 is 0. The monoisotopic (exact) mass is 816 g/mol. The molecule has 4 atom stereocenters. The third-order valence-corrected chi connectivity index (χ3v) is 10.6. The van der Waals surface area contributed by atoms with Crippen LogP contribution in [0.5, 0.6) is 5.75 Å². The Morgan fingerprint density at radius 2 is 0.966 bits per heavy atom. The molecule has 0 saturated heterocycles. The van der Waals surface area contributed by atoms with E-state index in [2.05, 4.69) is 28.2 Å². The predicted octanol–water partition coefficient (Wildman–Crippen LogP) is 5.92. The lowest BCUT2D eigenvalue weighted by molar-refractivity contribution is -0.134. The van der Waals surface area contributed by atoms with Crippen LogP contribution in [0.25, 0.3) is 0 Å². The van der Waals surface area contributed by atoms with Gasteiger partial charge in [-0.15, -0.1) is 0 Å². The largest absolute Gasteiger partial charge is 0.508 e. The van der Waals surface area contributed by atoms with Crippen molar-refractivity contribution in [3.8, 4) is 5.75 Å². The summed E-state index contributed by atoms with van der Waals surface area (Å²) in [6.07, 6.45) is 22.2. The molecule has 332 valence electrons. The van der Waals surface area contributed by atoms with Crippen molar-refractivity contribution in [2.75, 3.05) is 13.1 Å². The molecule has 0 spiro atoms. The third-order valence-electron chi connectivity index (χ3n) is 10.6. The highest BCUT2D eigenvalue weighted by Crippen LogP contribution is 2.16. The van der Waals surface area contributed by atoms with Crippen molar-refractivity contribution in [3.05, 3.63) is 29.8 Å². The van der Waals surface area contributed by atoms with Crippen LogP contribution in [0, 0.1) is 5.92 Å². The number of nitrogens with two attached hydrogens (primary N) is 3. The van der Waals surface area contributed by atoms with Crippen LogP contribution >= 0.6 is 0 Å². The fourth-order valence-corrected chi connectivity index (χ4v) is 7.06. The molecule has 0 unspecified atom stereocenters. The number of hydrogen-bond acceptors (Lipinski definition) is 8. The van der Waals surface area contributed by atoms with E-state index in [1.54, 1.807) is 12.1 Å². The van der Waals surface area contributed by atoms with E-state index >= 15 is 0 Å². The van der Waals surface area contributed by atoms with Crippen LogP contribution in [0.15, 0.2) is 24.3 Å².